The van der Waals surface area contributed by atoms with Crippen LogP contribution in [0.4, 0.5) is 4.79 Å². The molecular formula is C23H26N2O5. The summed E-state index contributed by atoms with van der Waals surface area (Å²) in [5.41, 5.74) is 2.32. The van der Waals surface area contributed by atoms with Gasteiger partial charge in [0.15, 0.2) is 11.5 Å². The molecule has 0 spiro atoms. The van der Waals surface area contributed by atoms with Gasteiger partial charge in [0.2, 0.25) is 0 Å². The average molecular weight is 410 g/mol. The Balaban J connectivity index is 1.79. The number of amides is 2. The van der Waals surface area contributed by atoms with Crippen LogP contribution in [-0.4, -0.2) is 38.0 Å². The molecule has 1 heterocycles. The molecule has 0 saturated heterocycles. The number of methoxy groups -OCH3 is 1. The lowest BCUT2D eigenvalue weighted by Crippen LogP contribution is -2.44. The second-order valence-corrected chi connectivity index (χ2v) is 6.90. The normalized spacial score (nSPS) is 18.2. The first-order chi connectivity index (χ1) is 14.5. The van der Waals surface area contributed by atoms with E-state index in [0.717, 1.165) is 6.42 Å². The molecule has 0 radical (unpaired) electrons. The molecule has 7 heteroatoms. The van der Waals surface area contributed by atoms with Gasteiger partial charge in [0.05, 0.1) is 26.4 Å². The Labute approximate surface area is 176 Å². The Hall–Kier alpha value is -3.35. The lowest BCUT2D eigenvalue weighted by molar-refractivity contribution is -0.146. The highest BCUT2D eigenvalue weighted by Gasteiger charge is 2.38. The fraction of sp³-hybridized carbons (Fsp3) is 0.348. The van der Waals surface area contributed by atoms with Crippen molar-refractivity contribution in [3.8, 4) is 11.5 Å². The number of aliphatic imine (C=N–C) groups is 1. The maximum absolute atomic E-state index is 12.5. The van der Waals surface area contributed by atoms with Crippen molar-refractivity contribution >= 4 is 17.7 Å². The van der Waals surface area contributed by atoms with Crippen LogP contribution in [0.5, 0.6) is 11.5 Å². The Morgan fingerprint density at radius 1 is 1.13 bits per heavy atom. The van der Waals surface area contributed by atoms with Gasteiger partial charge in [-0.15, -0.1) is 0 Å². The van der Waals surface area contributed by atoms with Crippen LogP contribution in [0, 0.1) is 5.92 Å². The van der Waals surface area contributed by atoms with E-state index in [1.165, 1.54) is 5.56 Å². The number of carbonyl (C=O) groups is 2. The molecule has 2 atom stereocenters. The van der Waals surface area contributed by atoms with Gasteiger partial charge in [-0.25, -0.2) is 9.79 Å². The van der Waals surface area contributed by atoms with E-state index in [1.807, 2.05) is 24.3 Å². The fourth-order valence-electron chi connectivity index (χ4n) is 3.45. The highest BCUT2D eigenvalue weighted by atomic mass is 16.5. The highest BCUT2D eigenvalue weighted by molar-refractivity contribution is 6.08. The molecule has 0 aliphatic carbocycles. The smallest absolute Gasteiger partial charge is 0.341 e. The van der Waals surface area contributed by atoms with Gasteiger partial charge in [-0.05, 0) is 37.1 Å². The van der Waals surface area contributed by atoms with Crippen molar-refractivity contribution in [2.24, 2.45) is 10.9 Å². The summed E-state index contributed by atoms with van der Waals surface area (Å²) in [6.45, 7) is 4.15. The number of carbonyl (C=O) groups excluding carboxylic acids is 2. The maximum atomic E-state index is 12.5. The van der Waals surface area contributed by atoms with Crippen molar-refractivity contribution in [3.05, 3.63) is 59.7 Å². The van der Waals surface area contributed by atoms with E-state index in [9.17, 15) is 9.59 Å². The fourth-order valence-corrected chi connectivity index (χ4v) is 3.45. The lowest BCUT2D eigenvalue weighted by Gasteiger charge is -2.30. The van der Waals surface area contributed by atoms with Crippen molar-refractivity contribution in [1.29, 1.82) is 0 Å². The number of urea groups is 1. The van der Waals surface area contributed by atoms with Crippen LogP contribution in [0.25, 0.3) is 0 Å². The SMILES string of the molecule is CCOC(=O)C1C(C)=NC(=O)NC1c1ccc(OCCc2ccccc2)c(OC)c1. The molecule has 158 valence electrons. The summed E-state index contributed by atoms with van der Waals surface area (Å²) >= 11 is 0. The first-order valence-electron chi connectivity index (χ1n) is 9.90. The molecule has 0 bridgehead atoms. The lowest BCUT2D eigenvalue weighted by atomic mass is 9.88. The summed E-state index contributed by atoms with van der Waals surface area (Å²) in [6.07, 6.45) is 0.769. The third-order valence-corrected chi connectivity index (χ3v) is 4.92. The minimum Gasteiger partial charge on any atom is -0.493 e. The third-order valence-electron chi connectivity index (χ3n) is 4.92. The summed E-state index contributed by atoms with van der Waals surface area (Å²) < 4.78 is 16.6. The predicted octanol–water partition coefficient (Wildman–Crippen LogP) is 3.72. The molecule has 2 aromatic carbocycles. The molecule has 1 N–H and O–H groups in total. The van der Waals surface area contributed by atoms with E-state index in [4.69, 9.17) is 14.2 Å². The quantitative estimate of drug-likeness (QED) is 0.671. The summed E-state index contributed by atoms with van der Waals surface area (Å²) in [5.74, 6) is -0.00177. The number of hydrogen-bond acceptors (Lipinski definition) is 5. The van der Waals surface area contributed by atoms with E-state index in [0.29, 0.717) is 29.4 Å². The zero-order valence-corrected chi connectivity index (χ0v) is 17.4. The summed E-state index contributed by atoms with van der Waals surface area (Å²) in [5, 5.41) is 2.76. The molecule has 0 aromatic heterocycles. The van der Waals surface area contributed by atoms with Gasteiger partial charge < -0.3 is 19.5 Å². The number of hydrogen-bond donors (Lipinski definition) is 1. The summed E-state index contributed by atoms with van der Waals surface area (Å²) in [4.78, 5) is 28.3. The standard InChI is InChI=1S/C23H26N2O5/c1-4-29-22(26)20-15(2)24-23(27)25-21(20)17-10-11-18(19(14-17)28-3)30-13-12-16-8-6-5-7-9-16/h5-11,14,20-21H,4,12-13H2,1-3H3,(H,25,27). The largest absolute Gasteiger partial charge is 0.493 e. The average Bonchev–Trinajstić information content (AvgIpc) is 2.74. The van der Waals surface area contributed by atoms with Crippen molar-refractivity contribution in [2.45, 2.75) is 26.3 Å². The van der Waals surface area contributed by atoms with Crippen molar-refractivity contribution in [2.75, 3.05) is 20.3 Å². The van der Waals surface area contributed by atoms with Crippen molar-refractivity contribution in [3.63, 3.8) is 0 Å². The number of benzene rings is 2. The van der Waals surface area contributed by atoms with E-state index < -0.39 is 24.0 Å². The van der Waals surface area contributed by atoms with Crippen LogP contribution in [0.1, 0.15) is 31.0 Å². The molecule has 1 aliphatic heterocycles. The molecule has 2 aromatic rings. The van der Waals surface area contributed by atoms with Gasteiger partial charge in [0, 0.05) is 12.1 Å². The van der Waals surface area contributed by atoms with Gasteiger partial charge in [-0.2, -0.15) is 0 Å². The molecule has 30 heavy (non-hydrogen) atoms. The predicted molar refractivity (Wildman–Crippen MR) is 113 cm³/mol. The van der Waals surface area contributed by atoms with E-state index in [2.05, 4.69) is 22.4 Å². The second kappa shape index (κ2) is 9.91. The van der Waals surface area contributed by atoms with Crippen molar-refractivity contribution in [1.82, 2.24) is 5.32 Å². The molecule has 2 unspecified atom stereocenters. The van der Waals surface area contributed by atoms with Crippen LogP contribution in [0.2, 0.25) is 0 Å². The summed E-state index contributed by atoms with van der Waals surface area (Å²) in [7, 11) is 1.55. The first-order valence-corrected chi connectivity index (χ1v) is 9.90. The Morgan fingerprint density at radius 3 is 2.60 bits per heavy atom. The Morgan fingerprint density at radius 2 is 1.90 bits per heavy atom. The Bertz CT molecular complexity index is 926. The number of esters is 1. The molecule has 3 rings (SSSR count). The Kier molecular flexibility index (Phi) is 7.06. The number of rotatable bonds is 8. The van der Waals surface area contributed by atoms with E-state index in [-0.39, 0.29) is 6.61 Å². The minimum atomic E-state index is -0.697. The van der Waals surface area contributed by atoms with Gasteiger partial charge in [0.25, 0.3) is 0 Å². The van der Waals surface area contributed by atoms with Gasteiger partial charge in [0.1, 0.15) is 5.92 Å². The summed E-state index contributed by atoms with van der Waals surface area (Å²) in [6, 6.07) is 14.4. The third kappa shape index (κ3) is 4.97. The first kappa shape index (κ1) is 21.4. The van der Waals surface area contributed by atoms with Gasteiger partial charge >= 0.3 is 12.0 Å². The zero-order chi connectivity index (χ0) is 21.5. The monoisotopic (exact) mass is 410 g/mol. The molecule has 2 amide bonds. The van der Waals surface area contributed by atoms with Crippen molar-refractivity contribution < 1.29 is 23.8 Å². The van der Waals surface area contributed by atoms with Crippen LogP contribution in [0.15, 0.2) is 53.5 Å². The van der Waals surface area contributed by atoms with Crippen LogP contribution >= 0.6 is 0 Å². The van der Waals surface area contributed by atoms with Gasteiger partial charge in [-0.1, -0.05) is 36.4 Å². The van der Waals surface area contributed by atoms with E-state index in [1.54, 1.807) is 33.1 Å². The molecule has 0 saturated carbocycles. The van der Waals surface area contributed by atoms with Gasteiger partial charge in [-0.3, -0.25) is 4.79 Å². The number of ether oxygens (including phenoxy) is 3. The van der Waals surface area contributed by atoms with Crippen LogP contribution in [-0.2, 0) is 16.0 Å². The molecule has 1 aliphatic rings. The molecule has 0 fully saturated rings. The topological polar surface area (TPSA) is 86.2 Å². The highest BCUT2D eigenvalue weighted by Crippen LogP contribution is 2.34. The maximum Gasteiger partial charge on any atom is 0.341 e. The zero-order valence-electron chi connectivity index (χ0n) is 17.4. The van der Waals surface area contributed by atoms with Crippen LogP contribution in [0.3, 0.4) is 0 Å². The van der Waals surface area contributed by atoms with Crippen LogP contribution < -0.4 is 14.8 Å². The second-order valence-electron chi connectivity index (χ2n) is 6.90. The van der Waals surface area contributed by atoms with E-state index >= 15 is 0 Å². The molecular weight excluding hydrogens is 384 g/mol. The minimum absolute atomic E-state index is 0.251. The number of nitrogens with zero attached hydrogens (tertiary/aromatic N) is 1. The number of nitrogens with one attached hydrogen (secondary N) is 1. The molecule has 7 nitrogen and oxygen atoms in total.